The van der Waals surface area contributed by atoms with Gasteiger partial charge in [-0.25, -0.2) is 0 Å². The van der Waals surface area contributed by atoms with Gasteiger partial charge in [0, 0.05) is 0 Å². The van der Waals surface area contributed by atoms with Crippen molar-refractivity contribution in [2.45, 2.75) is 0 Å². The van der Waals surface area contributed by atoms with Crippen LogP contribution in [0.4, 0.5) is 0 Å². The van der Waals surface area contributed by atoms with Crippen LogP contribution in [-0.4, -0.2) is 13.0 Å². The minimum absolute atomic E-state index is 0.224. The Labute approximate surface area is 75.5 Å². The lowest BCUT2D eigenvalue weighted by Gasteiger charge is -2.04. The molecule has 0 aliphatic heterocycles. The zero-order chi connectivity index (χ0) is 9.84. The van der Waals surface area contributed by atoms with Crippen LogP contribution in [0.2, 0.25) is 0 Å². The van der Waals surface area contributed by atoms with Crippen molar-refractivity contribution in [3.63, 3.8) is 0 Å². The molecule has 66 valence electrons. The van der Waals surface area contributed by atoms with Crippen LogP contribution in [0.3, 0.4) is 0 Å². The molecule has 1 aromatic carbocycles. The Balaban J connectivity index is 3.28. The summed E-state index contributed by atoms with van der Waals surface area (Å²) in [6, 6.07) is 6.42. The summed E-state index contributed by atoms with van der Waals surface area (Å²) in [7, 11) is 1.44. The first-order chi connectivity index (χ1) is 6.19. The Morgan fingerprint density at radius 1 is 1.62 bits per heavy atom. The van der Waals surface area contributed by atoms with Crippen LogP contribution >= 0.6 is 0 Å². The summed E-state index contributed by atoms with van der Waals surface area (Å²) >= 11 is 0. The molecule has 4 heteroatoms. The molecule has 1 rings (SSSR count). The number of nitrogens with zero attached hydrogens (tertiary/aromatic N) is 1. The van der Waals surface area contributed by atoms with Crippen LogP contribution in [-0.2, 0) is 0 Å². The third-order valence-corrected chi connectivity index (χ3v) is 1.59. The van der Waals surface area contributed by atoms with E-state index in [1.165, 1.54) is 13.2 Å². The van der Waals surface area contributed by atoms with Gasteiger partial charge in [-0.1, -0.05) is 0 Å². The molecule has 0 spiro atoms. The summed E-state index contributed by atoms with van der Waals surface area (Å²) in [6.07, 6.45) is 0. The van der Waals surface area contributed by atoms with Crippen molar-refractivity contribution < 1.29 is 9.53 Å². The topological polar surface area (TPSA) is 76.1 Å². The second-order valence-electron chi connectivity index (χ2n) is 2.39. The van der Waals surface area contributed by atoms with Crippen molar-refractivity contribution in [2.75, 3.05) is 7.11 Å². The normalized spacial score (nSPS) is 8.92. The molecule has 13 heavy (non-hydrogen) atoms. The molecule has 0 saturated carbocycles. The molecule has 0 unspecified atom stereocenters. The number of hydrogen-bond acceptors (Lipinski definition) is 3. The molecule has 0 fully saturated rings. The van der Waals surface area contributed by atoms with E-state index in [1.807, 2.05) is 6.07 Å². The summed E-state index contributed by atoms with van der Waals surface area (Å²) in [5.41, 5.74) is 5.69. The van der Waals surface area contributed by atoms with E-state index in [2.05, 4.69) is 0 Å². The lowest BCUT2D eigenvalue weighted by atomic mass is 10.1. The quantitative estimate of drug-likeness (QED) is 0.719. The Hall–Kier alpha value is -2.02. The Morgan fingerprint density at radius 3 is 2.77 bits per heavy atom. The molecule has 0 saturated heterocycles. The number of amides is 1. The highest BCUT2D eigenvalue weighted by molar-refractivity contribution is 5.96. The number of carbonyl (C=O) groups excluding carboxylic acids is 1. The van der Waals surface area contributed by atoms with Gasteiger partial charge in [0.25, 0.3) is 5.91 Å². The average molecular weight is 176 g/mol. The summed E-state index contributed by atoms with van der Waals surface area (Å²) < 4.78 is 4.90. The number of nitrogens with two attached hydrogens (primary N) is 1. The predicted molar refractivity (Wildman–Crippen MR) is 46.2 cm³/mol. The first kappa shape index (κ1) is 9.07. The number of rotatable bonds is 2. The van der Waals surface area contributed by atoms with E-state index < -0.39 is 5.91 Å². The lowest BCUT2D eigenvalue weighted by molar-refractivity contribution is 0.0997. The summed E-state index contributed by atoms with van der Waals surface area (Å²) in [6.45, 7) is 0. The molecule has 1 aromatic rings. The molecule has 4 nitrogen and oxygen atoms in total. The molecule has 0 heterocycles. The highest BCUT2D eigenvalue weighted by Gasteiger charge is 2.08. The average Bonchev–Trinajstić information content (AvgIpc) is 2.16. The zero-order valence-corrected chi connectivity index (χ0v) is 7.07. The van der Waals surface area contributed by atoms with Gasteiger partial charge >= 0.3 is 0 Å². The molecule has 0 atom stereocenters. The molecular formula is C9H8N2O2. The molecule has 0 radical (unpaired) electrons. The predicted octanol–water partition coefficient (Wildman–Crippen LogP) is 0.666. The fourth-order valence-corrected chi connectivity index (χ4v) is 0.970. The van der Waals surface area contributed by atoms with Gasteiger partial charge in [-0.3, -0.25) is 4.79 Å². The third kappa shape index (κ3) is 1.76. The third-order valence-electron chi connectivity index (χ3n) is 1.59. The SMILES string of the molecule is COc1ccc(C#N)cc1C(N)=O. The standard InChI is InChI=1S/C9H8N2O2/c1-13-8-3-2-6(5-10)4-7(8)9(11)12/h2-4H,1H3,(H2,11,12). The molecule has 2 N–H and O–H groups in total. The first-order valence-corrected chi connectivity index (χ1v) is 3.57. The van der Waals surface area contributed by atoms with E-state index >= 15 is 0 Å². The van der Waals surface area contributed by atoms with Crippen molar-refractivity contribution in [1.29, 1.82) is 5.26 Å². The molecule has 0 bridgehead atoms. The monoisotopic (exact) mass is 176 g/mol. The van der Waals surface area contributed by atoms with E-state index in [-0.39, 0.29) is 5.56 Å². The van der Waals surface area contributed by atoms with Crippen molar-refractivity contribution in [2.24, 2.45) is 5.73 Å². The highest BCUT2D eigenvalue weighted by Crippen LogP contribution is 2.18. The van der Waals surface area contributed by atoms with Gasteiger partial charge < -0.3 is 10.5 Å². The van der Waals surface area contributed by atoms with Crippen LogP contribution in [0.5, 0.6) is 5.75 Å². The number of ether oxygens (including phenoxy) is 1. The van der Waals surface area contributed by atoms with E-state index in [4.69, 9.17) is 15.7 Å². The van der Waals surface area contributed by atoms with Gasteiger partial charge in [0.1, 0.15) is 5.75 Å². The maximum atomic E-state index is 10.9. The minimum atomic E-state index is -0.603. The maximum Gasteiger partial charge on any atom is 0.252 e. The van der Waals surface area contributed by atoms with Crippen LogP contribution < -0.4 is 10.5 Å². The Kier molecular flexibility index (Phi) is 2.50. The van der Waals surface area contributed by atoms with Gasteiger partial charge in [-0.2, -0.15) is 5.26 Å². The number of primary amides is 1. The lowest BCUT2D eigenvalue weighted by Crippen LogP contribution is -2.12. The fourth-order valence-electron chi connectivity index (χ4n) is 0.970. The van der Waals surface area contributed by atoms with Gasteiger partial charge in [-0.05, 0) is 18.2 Å². The van der Waals surface area contributed by atoms with Crippen LogP contribution in [0, 0.1) is 11.3 Å². The molecule has 0 aliphatic rings. The highest BCUT2D eigenvalue weighted by atomic mass is 16.5. The summed E-state index contributed by atoms with van der Waals surface area (Å²) in [5.74, 6) is -0.222. The second kappa shape index (κ2) is 3.59. The molecular weight excluding hydrogens is 168 g/mol. The number of hydrogen-bond donors (Lipinski definition) is 1. The van der Waals surface area contributed by atoms with Gasteiger partial charge in [0.2, 0.25) is 0 Å². The first-order valence-electron chi connectivity index (χ1n) is 3.57. The number of benzene rings is 1. The van der Waals surface area contributed by atoms with Crippen LogP contribution in [0.1, 0.15) is 15.9 Å². The van der Waals surface area contributed by atoms with E-state index in [9.17, 15) is 4.79 Å². The maximum absolute atomic E-state index is 10.9. The largest absolute Gasteiger partial charge is 0.496 e. The number of methoxy groups -OCH3 is 1. The Bertz CT molecular complexity index is 380. The summed E-state index contributed by atoms with van der Waals surface area (Å²) in [5, 5.41) is 8.56. The number of carbonyl (C=O) groups is 1. The van der Waals surface area contributed by atoms with Crippen LogP contribution in [0.25, 0.3) is 0 Å². The fraction of sp³-hybridized carbons (Fsp3) is 0.111. The number of nitriles is 1. The minimum Gasteiger partial charge on any atom is -0.496 e. The molecule has 1 amide bonds. The van der Waals surface area contributed by atoms with Crippen molar-refractivity contribution >= 4 is 5.91 Å². The summed E-state index contributed by atoms with van der Waals surface area (Å²) in [4.78, 5) is 10.9. The van der Waals surface area contributed by atoms with Crippen LogP contribution in [0.15, 0.2) is 18.2 Å². The van der Waals surface area contributed by atoms with Crippen molar-refractivity contribution in [1.82, 2.24) is 0 Å². The molecule has 0 aromatic heterocycles. The van der Waals surface area contributed by atoms with E-state index in [0.717, 1.165) is 0 Å². The smallest absolute Gasteiger partial charge is 0.252 e. The van der Waals surface area contributed by atoms with Gasteiger partial charge in [-0.15, -0.1) is 0 Å². The van der Waals surface area contributed by atoms with E-state index in [0.29, 0.717) is 11.3 Å². The van der Waals surface area contributed by atoms with E-state index in [1.54, 1.807) is 12.1 Å². The molecule has 0 aliphatic carbocycles. The van der Waals surface area contributed by atoms with Crippen molar-refractivity contribution in [3.8, 4) is 11.8 Å². The van der Waals surface area contributed by atoms with Gasteiger partial charge in [0.15, 0.2) is 0 Å². The Morgan fingerprint density at radius 2 is 2.31 bits per heavy atom. The second-order valence-corrected chi connectivity index (χ2v) is 2.39. The van der Waals surface area contributed by atoms with Gasteiger partial charge in [0.05, 0.1) is 24.3 Å². The zero-order valence-electron chi connectivity index (χ0n) is 7.07. The van der Waals surface area contributed by atoms with Crippen molar-refractivity contribution in [3.05, 3.63) is 29.3 Å².